The first-order valence-corrected chi connectivity index (χ1v) is 6.31. The lowest BCUT2D eigenvalue weighted by atomic mass is 10.1. The summed E-state index contributed by atoms with van der Waals surface area (Å²) in [4.78, 5) is 22.0. The van der Waals surface area contributed by atoms with Crippen molar-refractivity contribution in [1.29, 1.82) is 0 Å². The number of carboxylic acids is 1. The van der Waals surface area contributed by atoms with E-state index in [2.05, 4.69) is 5.32 Å². The van der Waals surface area contributed by atoms with E-state index in [1.165, 1.54) is 6.07 Å². The highest BCUT2D eigenvalue weighted by Crippen LogP contribution is 2.09. The van der Waals surface area contributed by atoms with Crippen molar-refractivity contribution in [3.05, 3.63) is 35.4 Å². The third-order valence-electron chi connectivity index (χ3n) is 2.85. The van der Waals surface area contributed by atoms with Crippen molar-refractivity contribution in [1.82, 2.24) is 5.32 Å². The first kappa shape index (κ1) is 16.1. The van der Waals surface area contributed by atoms with Crippen LogP contribution in [-0.4, -0.2) is 23.5 Å². The average molecular weight is 285 g/mol. The minimum atomic E-state index is -0.981. The molecule has 0 aliphatic rings. The second kappa shape index (κ2) is 7.57. The van der Waals surface area contributed by atoms with Crippen LogP contribution >= 0.6 is 0 Å². The van der Waals surface area contributed by atoms with Crippen LogP contribution in [0.25, 0.3) is 0 Å². The summed E-state index contributed by atoms with van der Waals surface area (Å²) in [5, 5.41) is 11.2. The first-order chi connectivity index (χ1) is 9.38. The van der Waals surface area contributed by atoms with E-state index in [9.17, 15) is 18.4 Å². The molecule has 6 heteroatoms. The predicted octanol–water partition coefficient (Wildman–Crippen LogP) is 2.12. The number of hydrogen-bond acceptors (Lipinski definition) is 2. The molecule has 0 saturated carbocycles. The van der Waals surface area contributed by atoms with E-state index >= 15 is 0 Å². The van der Waals surface area contributed by atoms with Crippen LogP contribution in [0.4, 0.5) is 8.78 Å². The number of carbonyl (C=O) groups excluding carboxylic acids is 1. The molecule has 1 amide bonds. The van der Waals surface area contributed by atoms with Gasteiger partial charge in [-0.2, -0.15) is 0 Å². The molecular formula is C14H17F2NO3. The van der Waals surface area contributed by atoms with Crippen molar-refractivity contribution in [2.45, 2.75) is 26.2 Å². The fourth-order valence-electron chi connectivity index (χ4n) is 1.66. The van der Waals surface area contributed by atoms with Crippen molar-refractivity contribution in [2.24, 2.45) is 5.92 Å². The van der Waals surface area contributed by atoms with Crippen LogP contribution in [0, 0.1) is 17.6 Å². The standard InChI is InChI=1S/C14H17F2NO3/c1-9(2-5-14(19)20)8-17-13(18)7-10-3-4-11(15)12(16)6-10/h3-4,6,9H,2,5,7-8H2,1H3,(H,17,18)(H,19,20). The maximum atomic E-state index is 13.0. The number of nitrogens with one attached hydrogen (secondary N) is 1. The molecule has 1 atom stereocenters. The van der Waals surface area contributed by atoms with Crippen LogP contribution in [0.15, 0.2) is 18.2 Å². The Kier molecular flexibility index (Phi) is 6.09. The zero-order valence-corrected chi connectivity index (χ0v) is 11.2. The first-order valence-electron chi connectivity index (χ1n) is 6.31. The molecule has 0 saturated heterocycles. The lowest BCUT2D eigenvalue weighted by molar-refractivity contribution is -0.137. The summed E-state index contributed by atoms with van der Waals surface area (Å²) < 4.78 is 25.7. The minimum absolute atomic E-state index is 0.0388. The molecule has 1 rings (SSSR count). The Morgan fingerprint density at radius 2 is 2.00 bits per heavy atom. The number of aliphatic carboxylic acids is 1. The van der Waals surface area contributed by atoms with Gasteiger partial charge in [0.15, 0.2) is 11.6 Å². The summed E-state index contributed by atoms with van der Waals surface area (Å²) in [5.41, 5.74) is 0.389. The van der Waals surface area contributed by atoms with Gasteiger partial charge in [0.2, 0.25) is 5.91 Å². The SMILES string of the molecule is CC(CCC(=O)O)CNC(=O)Cc1ccc(F)c(F)c1. The Bertz CT molecular complexity index is 491. The fourth-order valence-corrected chi connectivity index (χ4v) is 1.66. The largest absolute Gasteiger partial charge is 0.481 e. The topological polar surface area (TPSA) is 66.4 Å². The van der Waals surface area contributed by atoms with Gasteiger partial charge in [-0.15, -0.1) is 0 Å². The molecule has 1 aromatic rings. The van der Waals surface area contributed by atoms with Gasteiger partial charge < -0.3 is 10.4 Å². The molecule has 0 fully saturated rings. The van der Waals surface area contributed by atoms with Gasteiger partial charge >= 0.3 is 5.97 Å². The van der Waals surface area contributed by atoms with Crippen molar-refractivity contribution >= 4 is 11.9 Å². The van der Waals surface area contributed by atoms with Gasteiger partial charge in [0.1, 0.15) is 0 Å². The van der Waals surface area contributed by atoms with E-state index in [0.29, 0.717) is 18.5 Å². The maximum absolute atomic E-state index is 13.0. The molecule has 1 aromatic carbocycles. The number of benzene rings is 1. The second-order valence-electron chi connectivity index (χ2n) is 4.77. The molecule has 2 N–H and O–H groups in total. The molecule has 0 spiro atoms. The van der Waals surface area contributed by atoms with Gasteiger partial charge in [0.25, 0.3) is 0 Å². The Labute approximate surface area is 115 Å². The smallest absolute Gasteiger partial charge is 0.303 e. The molecule has 20 heavy (non-hydrogen) atoms. The van der Waals surface area contributed by atoms with E-state index < -0.39 is 17.6 Å². The maximum Gasteiger partial charge on any atom is 0.303 e. The monoisotopic (exact) mass is 285 g/mol. The van der Waals surface area contributed by atoms with Crippen molar-refractivity contribution < 1.29 is 23.5 Å². The quantitative estimate of drug-likeness (QED) is 0.806. The molecule has 0 aliphatic carbocycles. The van der Waals surface area contributed by atoms with Gasteiger partial charge in [-0.25, -0.2) is 8.78 Å². The third kappa shape index (κ3) is 5.77. The van der Waals surface area contributed by atoms with Crippen molar-refractivity contribution in [3.8, 4) is 0 Å². The molecule has 0 heterocycles. The molecule has 1 unspecified atom stereocenters. The number of hydrogen-bond donors (Lipinski definition) is 2. The number of rotatable bonds is 7. The molecule has 110 valence electrons. The van der Waals surface area contributed by atoms with Crippen molar-refractivity contribution in [3.63, 3.8) is 0 Å². The Balaban J connectivity index is 2.36. The zero-order chi connectivity index (χ0) is 15.1. The lowest BCUT2D eigenvalue weighted by Gasteiger charge is -2.11. The summed E-state index contributed by atoms with van der Waals surface area (Å²) in [6, 6.07) is 3.32. The number of carbonyl (C=O) groups is 2. The second-order valence-corrected chi connectivity index (χ2v) is 4.77. The van der Waals surface area contributed by atoms with Crippen LogP contribution in [0.2, 0.25) is 0 Å². The van der Waals surface area contributed by atoms with E-state index in [1.54, 1.807) is 0 Å². The van der Waals surface area contributed by atoms with E-state index in [-0.39, 0.29) is 24.7 Å². The average Bonchev–Trinajstić information content (AvgIpc) is 2.38. The fraction of sp³-hybridized carbons (Fsp3) is 0.429. The highest BCUT2D eigenvalue weighted by atomic mass is 19.2. The highest BCUT2D eigenvalue weighted by Gasteiger charge is 2.10. The van der Waals surface area contributed by atoms with Crippen LogP contribution in [0.1, 0.15) is 25.3 Å². The molecule has 0 aromatic heterocycles. The van der Waals surface area contributed by atoms with Gasteiger partial charge in [-0.3, -0.25) is 9.59 Å². The third-order valence-corrected chi connectivity index (χ3v) is 2.85. The van der Waals surface area contributed by atoms with E-state index in [4.69, 9.17) is 5.11 Å². The summed E-state index contributed by atoms with van der Waals surface area (Å²) in [5.74, 6) is -3.07. The molecular weight excluding hydrogens is 268 g/mol. The van der Waals surface area contributed by atoms with Gasteiger partial charge in [0, 0.05) is 13.0 Å². The predicted molar refractivity (Wildman–Crippen MR) is 69.1 cm³/mol. The molecule has 0 bridgehead atoms. The Hall–Kier alpha value is -1.98. The number of amides is 1. The molecule has 4 nitrogen and oxygen atoms in total. The Morgan fingerprint density at radius 3 is 2.60 bits per heavy atom. The summed E-state index contributed by atoms with van der Waals surface area (Å²) >= 11 is 0. The van der Waals surface area contributed by atoms with Crippen LogP contribution in [0.3, 0.4) is 0 Å². The minimum Gasteiger partial charge on any atom is -0.481 e. The summed E-state index contributed by atoms with van der Waals surface area (Å²) in [6.45, 7) is 2.19. The summed E-state index contributed by atoms with van der Waals surface area (Å²) in [7, 11) is 0. The lowest BCUT2D eigenvalue weighted by Crippen LogP contribution is -2.29. The highest BCUT2D eigenvalue weighted by molar-refractivity contribution is 5.78. The zero-order valence-electron chi connectivity index (χ0n) is 11.2. The normalized spacial score (nSPS) is 11.9. The van der Waals surface area contributed by atoms with E-state index in [0.717, 1.165) is 12.1 Å². The van der Waals surface area contributed by atoms with Crippen LogP contribution < -0.4 is 5.32 Å². The molecule has 0 aliphatic heterocycles. The van der Waals surface area contributed by atoms with Crippen molar-refractivity contribution in [2.75, 3.05) is 6.54 Å². The van der Waals surface area contributed by atoms with Crippen LogP contribution in [0.5, 0.6) is 0 Å². The molecule has 0 radical (unpaired) electrons. The van der Waals surface area contributed by atoms with Gasteiger partial charge in [-0.1, -0.05) is 13.0 Å². The van der Waals surface area contributed by atoms with Gasteiger partial charge in [-0.05, 0) is 30.0 Å². The number of halogens is 2. The van der Waals surface area contributed by atoms with Crippen LogP contribution in [-0.2, 0) is 16.0 Å². The number of carboxylic acid groups (broad SMARTS) is 1. The van der Waals surface area contributed by atoms with Gasteiger partial charge in [0.05, 0.1) is 6.42 Å². The summed E-state index contributed by atoms with van der Waals surface area (Å²) in [6.07, 6.45) is 0.490. The van der Waals surface area contributed by atoms with E-state index in [1.807, 2.05) is 6.92 Å². The Morgan fingerprint density at radius 1 is 1.30 bits per heavy atom.